The van der Waals surface area contributed by atoms with Crippen molar-refractivity contribution in [1.29, 1.82) is 0 Å². The molecule has 6 nitrogen and oxygen atoms in total. The summed E-state index contributed by atoms with van der Waals surface area (Å²) in [5, 5.41) is 3.09. The van der Waals surface area contributed by atoms with Gasteiger partial charge in [-0.25, -0.2) is 9.59 Å². The van der Waals surface area contributed by atoms with Gasteiger partial charge in [-0.15, -0.1) is 0 Å². The zero-order valence-electron chi connectivity index (χ0n) is 13.3. The van der Waals surface area contributed by atoms with Crippen molar-refractivity contribution in [3.05, 3.63) is 0 Å². The van der Waals surface area contributed by atoms with E-state index in [2.05, 4.69) is 5.32 Å². The normalized spacial score (nSPS) is 30.7. The van der Waals surface area contributed by atoms with E-state index < -0.39 is 5.60 Å². The third-order valence-electron chi connectivity index (χ3n) is 4.55. The van der Waals surface area contributed by atoms with Crippen LogP contribution in [0.1, 0.15) is 33.6 Å². The Morgan fingerprint density at radius 3 is 2.24 bits per heavy atom. The number of piperidine rings is 1. The number of fused-ring (bicyclic) bond motifs is 1. The van der Waals surface area contributed by atoms with Gasteiger partial charge in [-0.1, -0.05) is 0 Å². The number of hydrogen-bond donors (Lipinski definition) is 1. The van der Waals surface area contributed by atoms with Crippen LogP contribution in [-0.4, -0.2) is 59.7 Å². The van der Waals surface area contributed by atoms with Crippen molar-refractivity contribution < 1.29 is 14.3 Å². The molecule has 3 amide bonds. The maximum absolute atomic E-state index is 12.0. The topological polar surface area (TPSA) is 61.9 Å². The predicted molar refractivity (Wildman–Crippen MR) is 77.9 cm³/mol. The van der Waals surface area contributed by atoms with E-state index in [4.69, 9.17) is 4.74 Å². The third-order valence-corrected chi connectivity index (χ3v) is 4.55. The van der Waals surface area contributed by atoms with E-state index in [1.165, 1.54) is 0 Å². The molecule has 1 aliphatic heterocycles. The molecule has 21 heavy (non-hydrogen) atoms. The van der Waals surface area contributed by atoms with Crippen molar-refractivity contribution in [1.82, 2.24) is 15.1 Å². The van der Waals surface area contributed by atoms with Gasteiger partial charge in [0, 0.05) is 44.1 Å². The molecule has 0 aromatic heterocycles. The van der Waals surface area contributed by atoms with Gasteiger partial charge in [0.2, 0.25) is 0 Å². The first-order chi connectivity index (χ1) is 9.76. The number of ether oxygens (including phenoxy) is 1. The smallest absolute Gasteiger partial charge is 0.410 e. The number of urea groups is 1. The summed E-state index contributed by atoms with van der Waals surface area (Å²) >= 11 is 0. The molecule has 0 aromatic rings. The molecule has 1 N–H and O–H groups in total. The van der Waals surface area contributed by atoms with Crippen LogP contribution in [0.25, 0.3) is 0 Å². The van der Waals surface area contributed by atoms with Crippen molar-refractivity contribution in [3.63, 3.8) is 0 Å². The Morgan fingerprint density at radius 1 is 1.19 bits per heavy atom. The molecule has 3 rings (SSSR count). The zero-order chi connectivity index (χ0) is 15.4. The molecule has 118 valence electrons. The van der Waals surface area contributed by atoms with Crippen molar-refractivity contribution in [2.75, 3.05) is 20.1 Å². The van der Waals surface area contributed by atoms with Gasteiger partial charge >= 0.3 is 12.1 Å². The lowest BCUT2D eigenvalue weighted by atomic mass is 10.2. The van der Waals surface area contributed by atoms with E-state index in [9.17, 15) is 9.59 Å². The van der Waals surface area contributed by atoms with Gasteiger partial charge < -0.3 is 19.9 Å². The van der Waals surface area contributed by atoms with E-state index in [-0.39, 0.29) is 18.2 Å². The van der Waals surface area contributed by atoms with Gasteiger partial charge in [-0.3, -0.25) is 0 Å². The maximum Gasteiger partial charge on any atom is 0.410 e. The molecular weight excluding hydrogens is 270 g/mol. The molecule has 1 heterocycles. The highest BCUT2D eigenvalue weighted by atomic mass is 16.6. The molecule has 1 unspecified atom stereocenters. The average molecular weight is 295 g/mol. The van der Waals surface area contributed by atoms with Gasteiger partial charge in [0.1, 0.15) is 5.60 Å². The molecule has 2 aliphatic carbocycles. The van der Waals surface area contributed by atoms with Crippen LogP contribution in [0, 0.1) is 11.8 Å². The van der Waals surface area contributed by atoms with Gasteiger partial charge in [0.25, 0.3) is 0 Å². The fraction of sp³-hybridized carbons (Fsp3) is 0.867. The Hall–Kier alpha value is -1.46. The second-order valence-corrected chi connectivity index (χ2v) is 7.53. The number of nitrogens with one attached hydrogen (secondary N) is 1. The van der Waals surface area contributed by atoms with Gasteiger partial charge in [0.15, 0.2) is 0 Å². The van der Waals surface area contributed by atoms with Crippen LogP contribution in [0.2, 0.25) is 0 Å². The van der Waals surface area contributed by atoms with Gasteiger partial charge in [-0.05, 0) is 33.6 Å². The molecule has 2 saturated carbocycles. The first-order valence-corrected chi connectivity index (χ1v) is 7.77. The lowest BCUT2D eigenvalue weighted by Crippen LogP contribution is -2.44. The Kier molecular flexibility index (Phi) is 3.30. The number of carbonyl (C=O) groups excluding carboxylic acids is 2. The van der Waals surface area contributed by atoms with Gasteiger partial charge in [0.05, 0.1) is 0 Å². The first kappa shape index (κ1) is 14.5. The van der Waals surface area contributed by atoms with Crippen LogP contribution in [-0.2, 0) is 4.74 Å². The third kappa shape index (κ3) is 3.09. The summed E-state index contributed by atoms with van der Waals surface area (Å²) in [4.78, 5) is 27.6. The number of carbonyl (C=O) groups is 2. The highest BCUT2D eigenvalue weighted by Crippen LogP contribution is 2.46. The average Bonchev–Trinajstić information content (AvgIpc) is 3.26. The van der Waals surface area contributed by atoms with Crippen LogP contribution in [0.4, 0.5) is 9.59 Å². The highest BCUT2D eigenvalue weighted by Gasteiger charge is 2.58. The number of nitrogens with zero attached hydrogens (tertiary/aromatic N) is 2. The Labute approximate surface area is 125 Å². The minimum absolute atomic E-state index is 0.0284. The lowest BCUT2D eigenvalue weighted by molar-refractivity contribution is 0.0270. The summed E-state index contributed by atoms with van der Waals surface area (Å²) in [5.41, 5.74) is -0.454. The van der Waals surface area contributed by atoms with Crippen LogP contribution in [0.15, 0.2) is 0 Å². The maximum atomic E-state index is 12.0. The van der Waals surface area contributed by atoms with Gasteiger partial charge in [-0.2, -0.15) is 0 Å². The summed E-state index contributed by atoms with van der Waals surface area (Å²) in [5.74, 6) is 0.795. The molecule has 0 radical (unpaired) electrons. The standard InChI is InChI=1S/C15H25N3O3/c1-15(2,3)21-14(20)18-7-10-11(8-18)12(10)16-13(19)17(4)9-5-6-9/h9-12H,5-8H2,1-4H3,(H,16,19)/t10-,11+,12?. The summed E-state index contributed by atoms with van der Waals surface area (Å²) in [7, 11) is 1.86. The molecule has 0 spiro atoms. The lowest BCUT2D eigenvalue weighted by Gasteiger charge is -2.26. The van der Waals surface area contributed by atoms with Crippen LogP contribution in [0.3, 0.4) is 0 Å². The molecular formula is C15H25N3O3. The molecule has 3 aliphatic rings. The van der Waals surface area contributed by atoms with E-state index in [0.29, 0.717) is 31.0 Å². The quantitative estimate of drug-likeness (QED) is 0.842. The summed E-state index contributed by atoms with van der Waals surface area (Å²) < 4.78 is 5.38. The van der Waals surface area contributed by atoms with Crippen molar-refractivity contribution in [3.8, 4) is 0 Å². The van der Waals surface area contributed by atoms with Crippen LogP contribution in [0.5, 0.6) is 0 Å². The van der Waals surface area contributed by atoms with Crippen molar-refractivity contribution >= 4 is 12.1 Å². The summed E-state index contributed by atoms with van der Waals surface area (Å²) in [6.45, 7) is 7.00. The first-order valence-electron chi connectivity index (χ1n) is 7.77. The number of amides is 3. The van der Waals surface area contributed by atoms with Crippen molar-refractivity contribution in [2.24, 2.45) is 11.8 Å². The Balaban J connectivity index is 1.43. The second-order valence-electron chi connectivity index (χ2n) is 7.53. The molecule has 3 fully saturated rings. The largest absolute Gasteiger partial charge is 0.444 e. The summed E-state index contributed by atoms with van der Waals surface area (Å²) in [6.07, 6.45) is 2.00. The number of likely N-dealkylation sites (tertiary alicyclic amines) is 1. The molecule has 0 bridgehead atoms. The monoisotopic (exact) mass is 295 g/mol. The highest BCUT2D eigenvalue weighted by molar-refractivity contribution is 5.76. The minimum Gasteiger partial charge on any atom is -0.444 e. The predicted octanol–water partition coefficient (Wildman–Crippen LogP) is 1.66. The fourth-order valence-corrected chi connectivity index (χ4v) is 3.09. The second kappa shape index (κ2) is 4.78. The Morgan fingerprint density at radius 2 is 1.76 bits per heavy atom. The zero-order valence-corrected chi connectivity index (χ0v) is 13.3. The SMILES string of the molecule is CN(C(=O)NC1[C@H]2CN(C(=O)OC(C)(C)C)C[C@@H]12)C1CC1. The fourth-order valence-electron chi connectivity index (χ4n) is 3.09. The summed E-state index contributed by atoms with van der Waals surface area (Å²) in [6, 6.07) is 0.694. The van der Waals surface area contributed by atoms with Crippen LogP contribution >= 0.6 is 0 Å². The molecule has 0 aromatic carbocycles. The number of rotatable bonds is 2. The number of hydrogen-bond acceptors (Lipinski definition) is 3. The van der Waals surface area contributed by atoms with Crippen molar-refractivity contribution in [2.45, 2.75) is 51.3 Å². The van der Waals surface area contributed by atoms with E-state index in [1.807, 2.05) is 27.8 Å². The molecule has 3 atom stereocenters. The van der Waals surface area contributed by atoms with E-state index >= 15 is 0 Å². The van der Waals surface area contributed by atoms with Crippen LogP contribution < -0.4 is 5.32 Å². The van der Waals surface area contributed by atoms with E-state index in [1.54, 1.807) is 9.80 Å². The minimum atomic E-state index is -0.454. The molecule has 1 saturated heterocycles. The Bertz CT molecular complexity index is 444. The molecule has 6 heteroatoms. The van der Waals surface area contributed by atoms with E-state index in [0.717, 1.165) is 12.8 Å².